The van der Waals surface area contributed by atoms with Crippen LogP contribution in [0.1, 0.15) is 24.8 Å². The van der Waals surface area contributed by atoms with Gasteiger partial charge in [0.25, 0.3) is 0 Å². The molecule has 0 saturated heterocycles. The second kappa shape index (κ2) is 4.80. The number of rotatable bonds is 5. The van der Waals surface area contributed by atoms with Crippen LogP contribution in [0.3, 0.4) is 0 Å². The molecule has 1 saturated carbocycles. The van der Waals surface area contributed by atoms with Gasteiger partial charge in [0.2, 0.25) is 0 Å². The van der Waals surface area contributed by atoms with E-state index in [-0.39, 0.29) is 5.41 Å². The fourth-order valence-corrected chi connectivity index (χ4v) is 2.06. The minimum Gasteiger partial charge on any atom is -0.384 e. The van der Waals surface area contributed by atoms with Crippen LogP contribution in [0.4, 0.5) is 18.9 Å². The monoisotopic (exact) mass is 258 g/mol. The first-order chi connectivity index (χ1) is 8.45. The number of nitrogens with two attached hydrogens (primary N) is 1. The van der Waals surface area contributed by atoms with E-state index in [2.05, 4.69) is 5.32 Å². The molecule has 2 rings (SSSR count). The molecule has 0 aromatic heterocycles. The minimum atomic E-state index is -4.27. The molecular formula is C13H17F3N2. The average Bonchev–Trinajstić information content (AvgIpc) is 3.07. The number of anilines is 1. The zero-order valence-electron chi connectivity index (χ0n) is 10.1. The maximum atomic E-state index is 12.4. The molecular weight excluding hydrogens is 241 g/mol. The summed E-state index contributed by atoms with van der Waals surface area (Å²) in [4.78, 5) is 0. The Kier molecular flexibility index (Phi) is 3.52. The van der Waals surface area contributed by atoms with Gasteiger partial charge in [0.15, 0.2) is 0 Å². The van der Waals surface area contributed by atoms with Gasteiger partial charge in [-0.05, 0) is 55.5 Å². The molecule has 0 radical (unpaired) electrons. The topological polar surface area (TPSA) is 38.0 Å². The number of alkyl halides is 3. The summed E-state index contributed by atoms with van der Waals surface area (Å²) in [6.07, 6.45) is -0.994. The van der Waals surface area contributed by atoms with E-state index in [4.69, 9.17) is 5.73 Å². The van der Waals surface area contributed by atoms with Gasteiger partial charge in [-0.15, -0.1) is 0 Å². The highest BCUT2D eigenvalue weighted by Gasteiger charge is 2.41. The van der Waals surface area contributed by atoms with Crippen molar-refractivity contribution in [3.05, 3.63) is 29.8 Å². The summed E-state index contributed by atoms with van der Waals surface area (Å²) in [7, 11) is 0. The standard InChI is InChI=1S/C13H17F3N2/c14-13(15,16)10-1-3-11(4-2-10)18-9-12(5-6-12)7-8-17/h1-4,18H,5-9,17H2. The normalized spacial score (nSPS) is 17.6. The van der Waals surface area contributed by atoms with E-state index in [9.17, 15) is 13.2 Å². The van der Waals surface area contributed by atoms with Crippen LogP contribution in [0, 0.1) is 5.41 Å². The molecule has 0 amide bonds. The Morgan fingerprint density at radius 3 is 2.22 bits per heavy atom. The molecule has 18 heavy (non-hydrogen) atoms. The highest BCUT2D eigenvalue weighted by molar-refractivity contribution is 5.45. The van der Waals surface area contributed by atoms with Gasteiger partial charge in [0, 0.05) is 12.2 Å². The summed E-state index contributed by atoms with van der Waals surface area (Å²) in [6, 6.07) is 5.15. The predicted octanol–water partition coefficient (Wildman–Crippen LogP) is 3.25. The van der Waals surface area contributed by atoms with E-state index in [1.807, 2.05) is 0 Å². The minimum absolute atomic E-state index is 0.275. The molecule has 0 atom stereocenters. The second-order valence-corrected chi connectivity index (χ2v) is 4.97. The first kappa shape index (κ1) is 13.2. The van der Waals surface area contributed by atoms with Gasteiger partial charge in [-0.1, -0.05) is 0 Å². The van der Waals surface area contributed by atoms with Gasteiger partial charge >= 0.3 is 6.18 Å². The van der Waals surface area contributed by atoms with Crippen LogP contribution in [0.25, 0.3) is 0 Å². The van der Waals surface area contributed by atoms with Gasteiger partial charge in [0.1, 0.15) is 0 Å². The van der Waals surface area contributed by atoms with E-state index in [0.29, 0.717) is 6.54 Å². The summed E-state index contributed by atoms with van der Waals surface area (Å²) >= 11 is 0. The third kappa shape index (κ3) is 3.16. The zero-order valence-corrected chi connectivity index (χ0v) is 10.1. The predicted molar refractivity (Wildman–Crippen MR) is 65.3 cm³/mol. The maximum Gasteiger partial charge on any atom is 0.416 e. The quantitative estimate of drug-likeness (QED) is 0.850. The molecule has 1 aromatic carbocycles. The Bertz CT molecular complexity index is 394. The van der Waals surface area contributed by atoms with E-state index in [1.54, 1.807) is 0 Å². The SMILES string of the molecule is NCCC1(CNc2ccc(C(F)(F)F)cc2)CC1. The third-order valence-corrected chi connectivity index (χ3v) is 3.51. The lowest BCUT2D eigenvalue weighted by Gasteiger charge is -2.16. The lowest BCUT2D eigenvalue weighted by Crippen LogP contribution is -2.19. The van der Waals surface area contributed by atoms with Crippen LogP contribution < -0.4 is 11.1 Å². The molecule has 0 aliphatic heterocycles. The molecule has 5 heteroatoms. The molecule has 0 unspecified atom stereocenters. The summed E-state index contributed by atoms with van der Waals surface area (Å²) in [5.74, 6) is 0. The molecule has 1 fully saturated rings. The summed E-state index contributed by atoms with van der Waals surface area (Å²) < 4.78 is 37.1. The second-order valence-electron chi connectivity index (χ2n) is 4.97. The molecule has 0 heterocycles. The van der Waals surface area contributed by atoms with Crippen molar-refractivity contribution >= 4 is 5.69 Å². The highest BCUT2D eigenvalue weighted by atomic mass is 19.4. The van der Waals surface area contributed by atoms with E-state index in [0.717, 1.165) is 43.6 Å². The van der Waals surface area contributed by atoms with Gasteiger partial charge in [-0.25, -0.2) is 0 Å². The van der Waals surface area contributed by atoms with Gasteiger partial charge in [-0.3, -0.25) is 0 Å². The van der Waals surface area contributed by atoms with E-state index in [1.165, 1.54) is 12.1 Å². The van der Waals surface area contributed by atoms with E-state index < -0.39 is 11.7 Å². The number of nitrogens with one attached hydrogen (secondary N) is 1. The lowest BCUT2D eigenvalue weighted by atomic mass is 10.0. The van der Waals surface area contributed by atoms with Crippen LogP contribution in [-0.4, -0.2) is 13.1 Å². The number of halogens is 3. The molecule has 1 aliphatic rings. The zero-order chi connectivity index (χ0) is 13.2. The number of hydrogen-bond acceptors (Lipinski definition) is 2. The highest BCUT2D eigenvalue weighted by Crippen LogP contribution is 2.48. The lowest BCUT2D eigenvalue weighted by molar-refractivity contribution is -0.137. The maximum absolute atomic E-state index is 12.4. The van der Waals surface area contributed by atoms with Crippen molar-refractivity contribution in [2.45, 2.75) is 25.4 Å². The number of hydrogen-bond donors (Lipinski definition) is 2. The molecule has 3 N–H and O–H groups in total. The summed E-state index contributed by atoms with van der Waals surface area (Å²) in [5.41, 5.74) is 5.93. The Balaban J connectivity index is 1.91. The molecule has 2 nitrogen and oxygen atoms in total. The first-order valence-electron chi connectivity index (χ1n) is 6.06. The van der Waals surface area contributed by atoms with Crippen molar-refractivity contribution in [1.82, 2.24) is 0 Å². The smallest absolute Gasteiger partial charge is 0.384 e. The van der Waals surface area contributed by atoms with Crippen molar-refractivity contribution in [1.29, 1.82) is 0 Å². The first-order valence-corrected chi connectivity index (χ1v) is 6.06. The van der Waals surface area contributed by atoms with Crippen LogP contribution in [0.15, 0.2) is 24.3 Å². The van der Waals surface area contributed by atoms with Crippen LogP contribution in [-0.2, 0) is 6.18 Å². The fraction of sp³-hybridized carbons (Fsp3) is 0.538. The average molecular weight is 258 g/mol. The molecule has 0 bridgehead atoms. The van der Waals surface area contributed by atoms with Crippen molar-refractivity contribution in [2.75, 3.05) is 18.4 Å². The Morgan fingerprint density at radius 1 is 1.17 bits per heavy atom. The Hall–Kier alpha value is -1.23. The van der Waals surface area contributed by atoms with Crippen molar-refractivity contribution in [2.24, 2.45) is 11.1 Å². The largest absolute Gasteiger partial charge is 0.416 e. The molecule has 1 aromatic rings. The third-order valence-electron chi connectivity index (χ3n) is 3.51. The van der Waals surface area contributed by atoms with Crippen molar-refractivity contribution < 1.29 is 13.2 Å². The van der Waals surface area contributed by atoms with Gasteiger partial charge < -0.3 is 11.1 Å². The van der Waals surface area contributed by atoms with Crippen molar-refractivity contribution in [3.63, 3.8) is 0 Å². The number of benzene rings is 1. The summed E-state index contributed by atoms with van der Waals surface area (Å²) in [6.45, 7) is 1.45. The Morgan fingerprint density at radius 2 is 1.78 bits per heavy atom. The van der Waals surface area contributed by atoms with Crippen LogP contribution in [0.2, 0.25) is 0 Å². The van der Waals surface area contributed by atoms with Crippen LogP contribution in [0.5, 0.6) is 0 Å². The van der Waals surface area contributed by atoms with E-state index >= 15 is 0 Å². The Labute approximate surface area is 104 Å². The molecule has 1 aliphatic carbocycles. The molecule has 0 spiro atoms. The fourth-order valence-electron chi connectivity index (χ4n) is 2.06. The van der Waals surface area contributed by atoms with Gasteiger partial charge in [-0.2, -0.15) is 13.2 Å². The van der Waals surface area contributed by atoms with Gasteiger partial charge in [0.05, 0.1) is 5.56 Å². The van der Waals surface area contributed by atoms with Crippen LogP contribution >= 0.6 is 0 Å². The van der Waals surface area contributed by atoms with Crippen molar-refractivity contribution in [3.8, 4) is 0 Å². The molecule has 100 valence electrons. The summed E-state index contributed by atoms with van der Waals surface area (Å²) in [5, 5.41) is 3.19.